The van der Waals surface area contributed by atoms with Crippen molar-refractivity contribution in [2.75, 3.05) is 7.05 Å². The van der Waals surface area contributed by atoms with Crippen molar-refractivity contribution in [3.8, 4) is 33.4 Å². The predicted molar refractivity (Wildman–Crippen MR) is 293 cm³/mol. The van der Waals surface area contributed by atoms with Crippen molar-refractivity contribution in [2.45, 2.75) is 84.1 Å². The lowest BCUT2D eigenvalue weighted by Gasteiger charge is -2.40. The molecule has 0 bridgehead atoms. The van der Waals surface area contributed by atoms with E-state index in [0.29, 0.717) is 0 Å². The van der Waals surface area contributed by atoms with Crippen LogP contribution in [-0.4, -0.2) is 7.05 Å². The monoisotopic (exact) mass is 886 g/mol. The van der Waals surface area contributed by atoms with Crippen LogP contribution < -0.4 is 5.32 Å². The highest BCUT2D eigenvalue weighted by atomic mass is 14.9. The third kappa shape index (κ3) is 9.01. The Hall–Kier alpha value is -6.80. The van der Waals surface area contributed by atoms with Gasteiger partial charge in [0.1, 0.15) is 0 Å². The average molecular weight is 886 g/mol. The van der Waals surface area contributed by atoms with Crippen LogP contribution >= 0.6 is 0 Å². The van der Waals surface area contributed by atoms with E-state index in [1.165, 1.54) is 95.1 Å². The minimum Gasteiger partial charge on any atom is -0.307 e. The fourth-order valence-electron chi connectivity index (χ4n) is 11.1. The highest BCUT2D eigenvalue weighted by Crippen LogP contribution is 2.62. The molecule has 7 aromatic rings. The standard InChI is InChI=1S/C45H40.C15H17N.C7H10/c1-4-32-15-11-17-34(27-32)35-18-12-19-36(28-35)37-23-25-39-43(29-37)45(40-21-9-5-13-30(40)2,41-22-10-6-14-31(41)3)42-26-24-33-16-7-8-20-38(33)44(39)42;1-15(16-2,13-9-5-3-6-10-13)14-11-7-4-8-12-14;1-7-5-3-2-4-6-7/h5,7-8,10-13,15-20,22-29H,4,6,9,14,21H2,1-3H3;3-12,16H,1-2H3;2-5,7H,6H2,1H3. The molecule has 7 aromatic carbocycles. The van der Waals surface area contributed by atoms with Gasteiger partial charge in [0.15, 0.2) is 0 Å². The zero-order valence-electron chi connectivity index (χ0n) is 41.0. The molecule has 0 aromatic heterocycles. The summed E-state index contributed by atoms with van der Waals surface area (Å²) < 4.78 is 0. The lowest BCUT2D eigenvalue weighted by molar-refractivity contribution is 0.485. The number of aryl methyl sites for hydroxylation is 1. The first-order valence-corrected chi connectivity index (χ1v) is 25.0. The SMILES string of the molecule is CC1C=CC=CC1.CCc1cccc(-c2cccc(-c3ccc4c(c3)C(C3=C(C)CCC=C3)(C3=C(C)C=CCC3)c3ccc5ccccc5c3-4)c2)c1.CNC(C)(c1ccccc1)c1ccccc1. The van der Waals surface area contributed by atoms with Crippen molar-refractivity contribution < 1.29 is 0 Å². The Labute approximate surface area is 407 Å². The molecule has 4 aliphatic rings. The minimum absolute atomic E-state index is 0.123. The van der Waals surface area contributed by atoms with E-state index in [2.05, 4.69) is 240 Å². The van der Waals surface area contributed by atoms with Gasteiger partial charge in [0.05, 0.1) is 11.0 Å². The van der Waals surface area contributed by atoms with E-state index in [9.17, 15) is 0 Å². The van der Waals surface area contributed by atoms with E-state index in [4.69, 9.17) is 0 Å². The second-order valence-corrected chi connectivity index (χ2v) is 19.2. The Bertz CT molecular complexity index is 3060. The van der Waals surface area contributed by atoms with Crippen LogP contribution in [-0.2, 0) is 17.4 Å². The van der Waals surface area contributed by atoms with Gasteiger partial charge < -0.3 is 5.32 Å². The topological polar surface area (TPSA) is 12.0 Å². The molecule has 0 amide bonds. The number of benzene rings is 7. The Balaban J connectivity index is 0.000000205. The van der Waals surface area contributed by atoms with Crippen molar-refractivity contribution in [1.82, 2.24) is 5.32 Å². The van der Waals surface area contributed by atoms with Crippen molar-refractivity contribution in [1.29, 1.82) is 0 Å². The normalized spacial score (nSPS) is 18.1. The van der Waals surface area contributed by atoms with Crippen LogP contribution in [0.1, 0.15) is 94.5 Å². The summed E-state index contributed by atoms with van der Waals surface area (Å²) in [6.07, 6.45) is 24.9. The van der Waals surface area contributed by atoms with Crippen LogP contribution in [0.25, 0.3) is 44.2 Å². The van der Waals surface area contributed by atoms with Gasteiger partial charge in [-0.15, -0.1) is 0 Å². The molecule has 0 fully saturated rings. The number of fused-ring (bicyclic) bond motifs is 5. The summed E-state index contributed by atoms with van der Waals surface area (Å²) in [5, 5.41) is 6.07. The van der Waals surface area contributed by atoms with Crippen molar-refractivity contribution in [3.63, 3.8) is 0 Å². The molecule has 1 N–H and O–H groups in total. The van der Waals surface area contributed by atoms with Crippen molar-refractivity contribution >= 4 is 10.8 Å². The van der Waals surface area contributed by atoms with Gasteiger partial charge >= 0.3 is 0 Å². The van der Waals surface area contributed by atoms with E-state index >= 15 is 0 Å². The molecule has 0 radical (unpaired) electrons. The number of allylic oxidation sites excluding steroid dienone is 12. The molecule has 2 atom stereocenters. The summed E-state index contributed by atoms with van der Waals surface area (Å²) in [5.74, 6) is 0.769. The number of rotatable bonds is 8. The first-order chi connectivity index (χ1) is 33.3. The molecule has 0 saturated carbocycles. The molecule has 0 saturated heterocycles. The molecule has 340 valence electrons. The number of hydrogen-bond donors (Lipinski definition) is 1. The van der Waals surface area contributed by atoms with Crippen LogP contribution in [0.5, 0.6) is 0 Å². The van der Waals surface area contributed by atoms with Gasteiger partial charge in [-0.05, 0) is 168 Å². The van der Waals surface area contributed by atoms with E-state index in [1.54, 1.807) is 5.57 Å². The van der Waals surface area contributed by atoms with Gasteiger partial charge in [-0.25, -0.2) is 0 Å². The summed E-state index contributed by atoms with van der Waals surface area (Å²) >= 11 is 0. The first-order valence-electron chi connectivity index (χ1n) is 25.0. The molecule has 1 heteroatoms. The largest absolute Gasteiger partial charge is 0.307 e. The molecular weight excluding hydrogens is 819 g/mol. The summed E-state index contributed by atoms with van der Waals surface area (Å²) in [6.45, 7) is 11.4. The molecule has 2 unspecified atom stereocenters. The van der Waals surface area contributed by atoms with E-state index in [1.807, 2.05) is 19.2 Å². The lowest BCUT2D eigenvalue weighted by Crippen LogP contribution is -2.37. The molecule has 1 nitrogen and oxygen atoms in total. The van der Waals surface area contributed by atoms with Crippen LogP contribution in [0.15, 0.2) is 235 Å². The molecule has 11 rings (SSSR count). The van der Waals surface area contributed by atoms with Gasteiger partial charge in [-0.1, -0.05) is 225 Å². The molecule has 0 aliphatic heterocycles. The first kappa shape index (κ1) is 46.3. The second kappa shape index (κ2) is 20.6. The quantitative estimate of drug-likeness (QED) is 0.160. The third-order valence-electron chi connectivity index (χ3n) is 15.0. The third-order valence-corrected chi connectivity index (χ3v) is 15.0. The maximum Gasteiger partial charge on any atom is 0.0678 e. The number of hydrogen-bond acceptors (Lipinski definition) is 1. The Morgan fingerprint density at radius 2 is 1.25 bits per heavy atom. The Kier molecular flexibility index (Phi) is 14.0. The van der Waals surface area contributed by atoms with E-state index in [-0.39, 0.29) is 11.0 Å². The predicted octanol–water partition coefficient (Wildman–Crippen LogP) is 17.6. The Morgan fingerprint density at radius 3 is 1.88 bits per heavy atom. The van der Waals surface area contributed by atoms with Crippen LogP contribution in [0, 0.1) is 5.92 Å². The maximum absolute atomic E-state index is 3.41. The van der Waals surface area contributed by atoms with E-state index in [0.717, 1.165) is 38.0 Å². The molecular formula is C67H67N. The van der Waals surface area contributed by atoms with Gasteiger partial charge in [0.25, 0.3) is 0 Å². The van der Waals surface area contributed by atoms with Crippen LogP contribution in [0.2, 0.25) is 0 Å². The fraction of sp³-hybridized carbons (Fsp3) is 0.224. The Morgan fingerprint density at radius 1 is 0.603 bits per heavy atom. The minimum atomic E-state index is -0.312. The highest BCUT2D eigenvalue weighted by Gasteiger charge is 2.50. The van der Waals surface area contributed by atoms with Crippen molar-refractivity contribution in [2.24, 2.45) is 5.92 Å². The van der Waals surface area contributed by atoms with Crippen LogP contribution in [0.3, 0.4) is 0 Å². The summed E-state index contributed by atoms with van der Waals surface area (Å²) in [4.78, 5) is 0. The fourth-order valence-corrected chi connectivity index (χ4v) is 11.1. The summed E-state index contributed by atoms with van der Waals surface area (Å²) in [5.41, 5.74) is 20.3. The second-order valence-electron chi connectivity index (χ2n) is 19.2. The maximum atomic E-state index is 3.41. The van der Waals surface area contributed by atoms with Gasteiger partial charge in [0, 0.05) is 0 Å². The summed E-state index contributed by atoms with van der Waals surface area (Å²) in [7, 11) is 2.00. The van der Waals surface area contributed by atoms with Crippen molar-refractivity contribution in [3.05, 3.63) is 263 Å². The zero-order chi connectivity index (χ0) is 47.1. The van der Waals surface area contributed by atoms with Crippen LogP contribution in [0.4, 0.5) is 0 Å². The van der Waals surface area contributed by atoms with Gasteiger partial charge in [-0.2, -0.15) is 0 Å². The zero-order valence-corrected chi connectivity index (χ0v) is 41.0. The molecule has 4 aliphatic carbocycles. The van der Waals surface area contributed by atoms with Gasteiger partial charge in [0.2, 0.25) is 0 Å². The van der Waals surface area contributed by atoms with E-state index < -0.39 is 0 Å². The average Bonchev–Trinajstić information content (AvgIpc) is 3.70. The summed E-state index contributed by atoms with van der Waals surface area (Å²) in [6, 6.07) is 60.3. The van der Waals surface area contributed by atoms with Gasteiger partial charge in [-0.3, -0.25) is 0 Å². The highest BCUT2D eigenvalue weighted by molar-refractivity contribution is 6.04. The lowest BCUT2D eigenvalue weighted by atomic mass is 9.61. The number of nitrogens with one attached hydrogen (secondary N) is 1. The molecule has 0 spiro atoms. The molecule has 0 heterocycles. The molecule has 68 heavy (non-hydrogen) atoms. The smallest absolute Gasteiger partial charge is 0.0678 e.